The monoisotopic (exact) mass is 270 g/mol. The Hall–Kier alpha value is -0.473. The van der Waals surface area contributed by atoms with Gasteiger partial charge in [0.15, 0.2) is 0 Å². The van der Waals surface area contributed by atoms with Crippen LogP contribution in [0.4, 0.5) is 0 Å². The standard InChI is InChI=1S/C14H23ClOSi/c1-10-8-12(9-11(2)13(10)15)16-17(6,7)14(3,4)5/h8-9H,1-7H3. The summed E-state index contributed by atoms with van der Waals surface area (Å²) in [5.74, 6) is 0.955. The molecule has 3 heteroatoms. The van der Waals surface area contributed by atoms with E-state index in [2.05, 4.69) is 33.9 Å². The van der Waals surface area contributed by atoms with Crippen molar-refractivity contribution in [3.63, 3.8) is 0 Å². The van der Waals surface area contributed by atoms with Crippen molar-refractivity contribution in [1.82, 2.24) is 0 Å². The van der Waals surface area contributed by atoms with Crippen molar-refractivity contribution in [2.24, 2.45) is 0 Å². The second-order valence-electron chi connectivity index (χ2n) is 6.23. The number of hydrogen-bond donors (Lipinski definition) is 0. The van der Waals surface area contributed by atoms with Crippen LogP contribution >= 0.6 is 11.6 Å². The lowest BCUT2D eigenvalue weighted by Crippen LogP contribution is -2.43. The van der Waals surface area contributed by atoms with Gasteiger partial charge in [0.2, 0.25) is 8.32 Å². The van der Waals surface area contributed by atoms with Gasteiger partial charge >= 0.3 is 0 Å². The summed E-state index contributed by atoms with van der Waals surface area (Å²) in [6, 6.07) is 4.08. The molecule has 0 spiro atoms. The van der Waals surface area contributed by atoms with Crippen LogP contribution in [0.3, 0.4) is 0 Å². The van der Waals surface area contributed by atoms with E-state index in [0.717, 1.165) is 21.9 Å². The fourth-order valence-electron chi connectivity index (χ4n) is 1.41. The Morgan fingerprint density at radius 2 is 1.47 bits per heavy atom. The molecule has 0 N–H and O–H groups in total. The minimum absolute atomic E-state index is 0.217. The number of hydrogen-bond acceptors (Lipinski definition) is 1. The largest absolute Gasteiger partial charge is 0.543 e. The summed E-state index contributed by atoms with van der Waals surface area (Å²) in [6.45, 7) is 15.3. The molecule has 1 aromatic rings. The molecule has 0 unspecified atom stereocenters. The molecule has 0 atom stereocenters. The zero-order chi connectivity index (χ0) is 13.4. The smallest absolute Gasteiger partial charge is 0.250 e. The van der Waals surface area contributed by atoms with Gasteiger partial charge in [-0.05, 0) is 55.2 Å². The molecule has 0 aromatic heterocycles. The Morgan fingerprint density at radius 3 is 1.82 bits per heavy atom. The van der Waals surface area contributed by atoms with Gasteiger partial charge in [0.05, 0.1) is 0 Å². The van der Waals surface area contributed by atoms with Gasteiger partial charge in [-0.2, -0.15) is 0 Å². The zero-order valence-corrected chi connectivity index (χ0v) is 13.7. The first-order valence-electron chi connectivity index (χ1n) is 6.00. The van der Waals surface area contributed by atoms with Crippen molar-refractivity contribution < 1.29 is 4.43 Å². The predicted molar refractivity (Wildman–Crippen MR) is 78.8 cm³/mol. The maximum atomic E-state index is 6.26. The van der Waals surface area contributed by atoms with E-state index >= 15 is 0 Å². The number of benzene rings is 1. The summed E-state index contributed by atoms with van der Waals surface area (Å²) in [5.41, 5.74) is 2.17. The van der Waals surface area contributed by atoms with Crippen molar-refractivity contribution >= 4 is 19.9 Å². The maximum Gasteiger partial charge on any atom is 0.250 e. The minimum Gasteiger partial charge on any atom is -0.543 e. The Bertz CT molecular complexity index is 396. The Morgan fingerprint density at radius 1 is 1.06 bits per heavy atom. The summed E-state index contributed by atoms with van der Waals surface area (Å²) in [4.78, 5) is 0. The first kappa shape index (κ1) is 14.6. The van der Waals surface area contributed by atoms with Crippen molar-refractivity contribution in [1.29, 1.82) is 0 Å². The molecule has 1 rings (SSSR count). The molecule has 0 saturated heterocycles. The number of aryl methyl sites for hydroxylation is 2. The Balaban J connectivity index is 3.05. The third kappa shape index (κ3) is 3.26. The molecule has 17 heavy (non-hydrogen) atoms. The molecule has 1 nitrogen and oxygen atoms in total. The van der Waals surface area contributed by atoms with Crippen molar-refractivity contribution in [3.05, 3.63) is 28.3 Å². The molecule has 96 valence electrons. The number of halogens is 1. The summed E-state index contributed by atoms with van der Waals surface area (Å²) < 4.78 is 6.26. The highest BCUT2D eigenvalue weighted by Gasteiger charge is 2.39. The second-order valence-corrected chi connectivity index (χ2v) is 11.3. The maximum absolute atomic E-state index is 6.26. The van der Waals surface area contributed by atoms with Crippen LogP contribution in [-0.4, -0.2) is 8.32 Å². The van der Waals surface area contributed by atoms with Gasteiger partial charge in [-0.25, -0.2) is 0 Å². The molecule has 0 aliphatic carbocycles. The van der Waals surface area contributed by atoms with Gasteiger partial charge in [-0.3, -0.25) is 0 Å². The minimum atomic E-state index is -1.75. The van der Waals surface area contributed by atoms with E-state index in [1.54, 1.807) is 0 Å². The first-order valence-corrected chi connectivity index (χ1v) is 9.29. The van der Waals surface area contributed by atoms with E-state index in [1.165, 1.54) is 0 Å². The molecular weight excluding hydrogens is 248 g/mol. The summed E-state index contributed by atoms with van der Waals surface area (Å²) >= 11 is 6.17. The zero-order valence-electron chi connectivity index (χ0n) is 11.9. The lowest BCUT2D eigenvalue weighted by Gasteiger charge is -2.36. The first-order chi connectivity index (χ1) is 7.54. The van der Waals surface area contributed by atoms with Gasteiger partial charge in [0.25, 0.3) is 0 Å². The third-order valence-electron chi connectivity index (χ3n) is 3.59. The highest BCUT2D eigenvalue weighted by atomic mass is 35.5. The predicted octanol–water partition coefficient (Wildman–Crippen LogP) is 5.34. The van der Waals surface area contributed by atoms with Crippen LogP contribution in [0.15, 0.2) is 12.1 Å². The summed E-state index contributed by atoms with van der Waals surface area (Å²) in [7, 11) is -1.75. The second kappa shape index (κ2) is 4.66. The average molecular weight is 271 g/mol. The average Bonchev–Trinajstić information content (AvgIpc) is 2.11. The van der Waals surface area contributed by atoms with Gasteiger partial charge in [-0.15, -0.1) is 0 Å². The van der Waals surface area contributed by atoms with E-state index < -0.39 is 8.32 Å². The van der Waals surface area contributed by atoms with E-state index in [1.807, 2.05) is 26.0 Å². The third-order valence-corrected chi connectivity index (χ3v) is 8.54. The molecule has 0 bridgehead atoms. The van der Waals surface area contributed by atoms with Crippen molar-refractivity contribution in [2.45, 2.75) is 52.8 Å². The number of rotatable bonds is 2. The highest BCUT2D eigenvalue weighted by Crippen LogP contribution is 2.38. The fraction of sp³-hybridized carbons (Fsp3) is 0.571. The molecule has 0 saturated carbocycles. The Kier molecular flexibility index (Phi) is 4.00. The molecule has 0 aliphatic rings. The van der Waals surface area contributed by atoms with Crippen LogP contribution in [0.2, 0.25) is 23.2 Å². The molecule has 0 radical (unpaired) electrons. The van der Waals surface area contributed by atoms with E-state index in [9.17, 15) is 0 Å². The van der Waals surface area contributed by atoms with Crippen LogP contribution < -0.4 is 4.43 Å². The molecule has 0 amide bonds. The molecule has 1 aromatic carbocycles. The summed E-state index contributed by atoms with van der Waals surface area (Å²) in [5, 5.41) is 1.06. The van der Waals surface area contributed by atoms with E-state index in [4.69, 9.17) is 16.0 Å². The SMILES string of the molecule is Cc1cc(O[Si](C)(C)C(C)(C)C)cc(C)c1Cl. The van der Waals surface area contributed by atoms with Gasteiger partial charge < -0.3 is 4.43 Å². The van der Waals surface area contributed by atoms with Gasteiger partial charge in [0, 0.05) is 5.02 Å². The van der Waals surface area contributed by atoms with Crippen LogP contribution in [0.5, 0.6) is 5.75 Å². The van der Waals surface area contributed by atoms with Crippen LogP contribution in [0.1, 0.15) is 31.9 Å². The fourth-order valence-corrected chi connectivity index (χ4v) is 2.54. The van der Waals surface area contributed by atoms with E-state index in [0.29, 0.717) is 0 Å². The van der Waals surface area contributed by atoms with Crippen LogP contribution in [0.25, 0.3) is 0 Å². The highest BCUT2D eigenvalue weighted by molar-refractivity contribution is 6.74. The molecular formula is C14H23ClOSi. The van der Waals surface area contributed by atoms with Crippen LogP contribution in [0, 0.1) is 13.8 Å². The van der Waals surface area contributed by atoms with Crippen molar-refractivity contribution in [3.8, 4) is 5.75 Å². The lowest BCUT2D eigenvalue weighted by atomic mass is 10.1. The topological polar surface area (TPSA) is 9.23 Å². The van der Waals surface area contributed by atoms with Crippen LogP contribution in [-0.2, 0) is 0 Å². The lowest BCUT2D eigenvalue weighted by molar-refractivity contribution is 0.491. The van der Waals surface area contributed by atoms with Gasteiger partial charge in [0.1, 0.15) is 5.75 Å². The van der Waals surface area contributed by atoms with Gasteiger partial charge in [-0.1, -0.05) is 32.4 Å². The molecule has 0 fully saturated rings. The summed E-state index contributed by atoms with van der Waals surface area (Å²) in [6.07, 6.45) is 0. The Labute approximate surface area is 111 Å². The quantitative estimate of drug-likeness (QED) is 0.659. The molecule has 0 heterocycles. The normalized spacial score (nSPS) is 12.7. The van der Waals surface area contributed by atoms with Crippen molar-refractivity contribution in [2.75, 3.05) is 0 Å². The molecule has 0 aliphatic heterocycles. The van der Waals surface area contributed by atoms with E-state index in [-0.39, 0.29) is 5.04 Å².